The van der Waals surface area contributed by atoms with Gasteiger partial charge in [-0.05, 0) is 56.2 Å². The average molecular weight is 388 g/mol. The molecular formula is C20H24N2O4S. The zero-order chi connectivity index (χ0) is 19.4. The van der Waals surface area contributed by atoms with Gasteiger partial charge in [-0.1, -0.05) is 17.7 Å². The molecule has 3 rings (SSSR count). The molecule has 6 nitrogen and oxygen atoms in total. The van der Waals surface area contributed by atoms with E-state index in [1.54, 1.807) is 17.0 Å². The van der Waals surface area contributed by atoms with E-state index in [0.717, 1.165) is 23.2 Å². The average Bonchev–Trinajstić information content (AvgIpc) is 3.06. The number of benzene rings is 2. The fourth-order valence-electron chi connectivity index (χ4n) is 3.06. The van der Waals surface area contributed by atoms with Crippen LogP contribution >= 0.6 is 0 Å². The minimum atomic E-state index is -3.63. The summed E-state index contributed by atoms with van der Waals surface area (Å²) in [7, 11) is -3.63. The summed E-state index contributed by atoms with van der Waals surface area (Å²) in [5.41, 5.74) is 2.68. The largest absolute Gasteiger partial charge is 0.492 e. The maximum absolute atomic E-state index is 12.5. The Morgan fingerprint density at radius 1 is 1.11 bits per heavy atom. The van der Waals surface area contributed by atoms with E-state index in [1.807, 2.05) is 38.1 Å². The number of aryl methyl sites for hydroxylation is 2. The van der Waals surface area contributed by atoms with Crippen LogP contribution < -0.4 is 14.4 Å². The third kappa shape index (κ3) is 4.67. The number of carbonyl (C=O) groups excluding carboxylic acids is 1. The van der Waals surface area contributed by atoms with E-state index in [9.17, 15) is 13.2 Å². The van der Waals surface area contributed by atoms with Crippen molar-refractivity contribution in [2.24, 2.45) is 0 Å². The molecule has 0 atom stereocenters. The molecule has 1 heterocycles. The lowest BCUT2D eigenvalue weighted by Crippen LogP contribution is -2.29. The molecule has 1 aliphatic rings. The Morgan fingerprint density at radius 2 is 1.85 bits per heavy atom. The van der Waals surface area contributed by atoms with Gasteiger partial charge in [-0.15, -0.1) is 0 Å². The van der Waals surface area contributed by atoms with Crippen LogP contribution in [0.1, 0.15) is 24.0 Å². The second-order valence-electron chi connectivity index (χ2n) is 6.66. The van der Waals surface area contributed by atoms with Gasteiger partial charge in [-0.3, -0.25) is 4.79 Å². The summed E-state index contributed by atoms with van der Waals surface area (Å²) in [6, 6.07) is 12.4. The molecular weight excluding hydrogens is 364 g/mol. The second kappa shape index (κ2) is 8.10. The summed E-state index contributed by atoms with van der Waals surface area (Å²) in [5.74, 6) is 0.787. The SMILES string of the molecule is Cc1ccc(OCCNS(=O)(=O)c2ccc(N3CCCC3=O)c(C)c2)cc1. The van der Waals surface area contributed by atoms with Crippen LogP contribution in [0.5, 0.6) is 5.75 Å². The lowest BCUT2D eigenvalue weighted by Gasteiger charge is -2.19. The van der Waals surface area contributed by atoms with Crippen molar-refractivity contribution in [3.8, 4) is 5.75 Å². The number of amides is 1. The van der Waals surface area contributed by atoms with Gasteiger partial charge in [0.05, 0.1) is 4.90 Å². The van der Waals surface area contributed by atoms with Crippen LogP contribution in [0.25, 0.3) is 0 Å². The Kier molecular flexibility index (Phi) is 5.82. The summed E-state index contributed by atoms with van der Waals surface area (Å²) in [6.07, 6.45) is 1.38. The number of sulfonamides is 1. The molecule has 0 radical (unpaired) electrons. The van der Waals surface area contributed by atoms with Gasteiger partial charge in [0.25, 0.3) is 0 Å². The van der Waals surface area contributed by atoms with Crippen LogP contribution in [0.3, 0.4) is 0 Å². The standard InChI is InChI=1S/C20H24N2O4S/c1-15-5-7-17(8-6-15)26-13-11-21-27(24,25)18-9-10-19(16(2)14-18)22-12-3-4-20(22)23/h5-10,14,21H,3-4,11-13H2,1-2H3. The predicted molar refractivity (Wildman–Crippen MR) is 105 cm³/mol. The molecule has 1 amide bonds. The molecule has 2 aromatic carbocycles. The van der Waals surface area contributed by atoms with Crippen LogP contribution in [0.15, 0.2) is 47.4 Å². The van der Waals surface area contributed by atoms with Gasteiger partial charge in [-0.25, -0.2) is 13.1 Å². The van der Waals surface area contributed by atoms with E-state index >= 15 is 0 Å². The Bertz CT molecular complexity index is 923. The highest BCUT2D eigenvalue weighted by Crippen LogP contribution is 2.27. The summed E-state index contributed by atoms with van der Waals surface area (Å²) in [6.45, 7) is 4.90. The van der Waals surface area contributed by atoms with E-state index in [1.165, 1.54) is 6.07 Å². The second-order valence-corrected chi connectivity index (χ2v) is 8.42. The molecule has 0 spiro atoms. The highest BCUT2D eigenvalue weighted by atomic mass is 32.2. The zero-order valence-corrected chi connectivity index (χ0v) is 16.4. The molecule has 27 heavy (non-hydrogen) atoms. The van der Waals surface area contributed by atoms with Crippen LogP contribution in [-0.2, 0) is 14.8 Å². The van der Waals surface area contributed by atoms with Crippen molar-refractivity contribution < 1.29 is 17.9 Å². The van der Waals surface area contributed by atoms with E-state index in [0.29, 0.717) is 18.7 Å². The molecule has 7 heteroatoms. The molecule has 2 aromatic rings. The van der Waals surface area contributed by atoms with Crippen molar-refractivity contribution in [3.63, 3.8) is 0 Å². The van der Waals surface area contributed by atoms with Crippen molar-refractivity contribution in [2.75, 3.05) is 24.6 Å². The van der Waals surface area contributed by atoms with Crippen molar-refractivity contribution in [2.45, 2.75) is 31.6 Å². The fraction of sp³-hybridized carbons (Fsp3) is 0.350. The first-order valence-electron chi connectivity index (χ1n) is 8.97. The molecule has 1 N–H and O–H groups in total. The maximum Gasteiger partial charge on any atom is 0.240 e. The Balaban J connectivity index is 1.60. The Hall–Kier alpha value is -2.38. The molecule has 0 unspecified atom stereocenters. The molecule has 0 aromatic heterocycles. The van der Waals surface area contributed by atoms with Crippen LogP contribution in [0, 0.1) is 13.8 Å². The van der Waals surface area contributed by atoms with Gasteiger partial charge in [0.1, 0.15) is 12.4 Å². The minimum Gasteiger partial charge on any atom is -0.492 e. The van der Waals surface area contributed by atoms with E-state index in [4.69, 9.17) is 4.74 Å². The summed E-state index contributed by atoms with van der Waals surface area (Å²) < 4.78 is 33.1. The third-order valence-electron chi connectivity index (χ3n) is 4.53. The lowest BCUT2D eigenvalue weighted by atomic mass is 10.2. The number of anilines is 1. The molecule has 1 aliphatic heterocycles. The Morgan fingerprint density at radius 3 is 2.48 bits per heavy atom. The van der Waals surface area contributed by atoms with Gasteiger partial charge in [0.15, 0.2) is 0 Å². The molecule has 144 valence electrons. The highest BCUT2D eigenvalue weighted by molar-refractivity contribution is 7.89. The zero-order valence-electron chi connectivity index (χ0n) is 15.6. The number of hydrogen-bond acceptors (Lipinski definition) is 4. The van der Waals surface area contributed by atoms with Crippen molar-refractivity contribution in [3.05, 3.63) is 53.6 Å². The predicted octanol–water partition coefficient (Wildman–Crippen LogP) is 2.79. The van der Waals surface area contributed by atoms with Crippen LogP contribution in [0.2, 0.25) is 0 Å². The van der Waals surface area contributed by atoms with Gasteiger partial charge in [0, 0.05) is 25.2 Å². The quantitative estimate of drug-likeness (QED) is 0.740. The smallest absolute Gasteiger partial charge is 0.240 e. The van der Waals surface area contributed by atoms with Gasteiger partial charge < -0.3 is 9.64 Å². The Labute approximate surface area is 160 Å². The summed E-state index contributed by atoms with van der Waals surface area (Å²) in [4.78, 5) is 13.8. The normalized spacial score (nSPS) is 14.6. The number of nitrogens with zero attached hydrogens (tertiary/aromatic N) is 1. The van der Waals surface area contributed by atoms with Gasteiger partial charge in [0.2, 0.25) is 15.9 Å². The summed E-state index contributed by atoms with van der Waals surface area (Å²) >= 11 is 0. The topological polar surface area (TPSA) is 75.7 Å². The first kappa shape index (κ1) is 19.4. The van der Waals surface area contributed by atoms with E-state index in [-0.39, 0.29) is 24.0 Å². The van der Waals surface area contributed by atoms with Gasteiger partial charge in [-0.2, -0.15) is 0 Å². The molecule has 0 bridgehead atoms. The van der Waals surface area contributed by atoms with Crippen molar-refractivity contribution in [1.82, 2.24) is 4.72 Å². The lowest BCUT2D eigenvalue weighted by molar-refractivity contribution is -0.117. The number of nitrogens with one attached hydrogen (secondary N) is 1. The number of hydrogen-bond donors (Lipinski definition) is 1. The van der Waals surface area contributed by atoms with E-state index in [2.05, 4.69) is 4.72 Å². The fourth-order valence-corrected chi connectivity index (χ4v) is 4.16. The molecule has 1 fully saturated rings. The monoisotopic (exact) mass is 388 g/mol. The van der Waals surface area contributed by atoms with Crippen LogP contribution in [-0.4, -0.2) is 34.0 Å². The van der Waals surface area contributed by atoms with Crippen molar-refractivity contribution >= 4 is 21.6 Å². The first-order valence-corrected chi connectivity index (χ1v) is 10.5. The maximum atomic E-state index is 12.5. The number of rotatable bonds is 7. The van der Waals surface area contributed by atoms with E-state index < -0.39 is 10.0 Å². The molecule has 0 aliphatic carbocycles. The highest BCUT2D eigenvalue weighted by Gasteiger charge is 2.24. The molecule has 1 saturated heterocycles. The minimum absolute atomic E-state index is 0.0834. The molecule has 0 saturated carbocycles. The number of carbonyl (C=O) groups is 1. The third-order valence-corrected chi connectivity index (χ3v) is 5.99. The summed E-state index contributed by atoms with van der Waals surface area (Å²) in [5, 5.41) is 0. The first-order chi connectivity index (χ1) is 12.9. The number of ether oxygens (including phenoxy) is 1. The van der Waals surface area contributed by atoms with Crippen LogP contribution in [0.4, 0.5) is 5.69 Å². The van der Waals surface area contributed by atoms with Gasteiger partial charge >= 0.3 is 0 Å². The van der Waals surface area contributed by atoms with Crippen molar-refractivity contribution in [1.29, 1.82) is 0 Å².